The number of hydrogen-bond donors (Lipinski definition) is 1. The van der Waals surface area contributed by atoms with Gasteiger partial charge >= 0.3 is 0 Å². The van der Waals surface area contributed by atoms with Crippen molar-refractivity contribution in [3.63, 3.8) is 0 Å². The minimum Gasteiger partial charge on any atom is -0.378 e. The van der Waals surface area contributed by atoms with Crippen LogP contribution in [-0.2, 0) is 9.53 Å². The summed E-state index contributed by atoms with van der Waals surface area (Å²) in [4.78, 5) is 23.3. The Hall–Kier alpha value is -2.48. The second-order valence-corrected chi connectivity index (χ2v) is 7.20. The Morgan fingerprint density at radius 3 is 2.77 bits per heavy atom. The molecule has 0 atom stereocenters. The van der Waals surface area contributed by atoms with Crippen LogP contribution in [0.2, 0.25) is 0 Å². The first-order chi connectivity index (χ1) is 12.8. The van der Waals surface area contributed by atoms with E-state index in [-0.39, 0.29) is 5.92 Å². The molecule has 2 aliphatic rings. The lowest BCUT2D eigenvalue weighted by molar-refractivity contribution is -0.140. The van der Waals surface area contributed by atoms with E-state index in [0.717, 1.165) is 60.8 Å². The number of aromatic amines is 1. The van der Waals surface area contributed by atoms with Gasteiger partial charge in [-0.2, -0.15) is 5.10 Å². The summed E-state index contributed by atoms with van der Waals surface area (Å²) in [6.07, 6.45) is 7.34. The Balaban J connectivity index is 1.35. The summed E-state index contributed by atoms with van der Waals surface area (Å²) in [5.41, 5.74) is 2.68. The maximum Gasteiger partial charge on any atom is 0.225 e. The summed E-state index contributed by atoms with van der Waals surface area (Å²) >= 11 is 0. The third-order valence-electron chi connectivity index (χ3n) is 5.74. The maximum atomic E-state index is 12.7. The van der Waals surface area contributed by atoms with Gasteiger partial charge in [0, 0.05) is 30.6 Å². The van der Waals surface area contributed by atoms with Crippen LogP contribution in [0.1, 0.15) is 31.7 Å². The van der Waals surface area contributed by atoms with E-state index in [1.54, 1.807) is 12.4 Å². The fraction of sp³-hybridized carbons (Fsp3) is 0.556. The van der Waals surface area contributed by atoms with Crippen LogP contribution in [0.5, 0.6) is 0 Å². The summed E-state index contributed by atoms with van der Waals surface area (Å²) in [6, 6.07) is 2.32. The predicted molar refractivity (Wildman–Crippen MR) is 95.6 cm³/mol. The van der Waals surface area contributed by atoms with Crippen LogP contribution in [0.25, 0.3) is 22.1 Å². The van der Waals surface area contributed by atoms with Crippen molar-refractivity contribution < 1.29 is 9.53 Å². The van der Waals surface area contributed by atoms with E-state index in [2.05, 4.69) is 25.0 Å². The van der Waals surface area contributed by atoms with Crippen molar-refractivity contribution in [2.45, 2.75) is 31.7 Å². The molecule has 1 amide bonds. The summed E-state index contributed by atoms with van der Waals surface area (Å²) in [5.74, 6) is 0.444. The van der Waals surface area contributed by atoms with Crippen LogP contribution in [0.3, 0.4) is 0 Å². The molecular weight excluding hydrogens is 332 g/mol. The first-order valence-corrected chi connectivity index (χ1v) is 9.34. The fourth-order valence-corrected chi connectivity index (χ4v) is 4.32. The van der Waals surface area contributed by atoms with Gasteiger partial charge < -0.3 is 9.64 Å². The number of H-pyrrole nitrogens is 1. The minimum atomic E-state index is 0.140. The fourth-order valence-electron chi connectivity index (χ4n) is 4.32. The molecule has 26 heavy (non-hydrogen) atoms. The van der Waals surface area contributed by atoms with E-state index in [9.17, 15) is 4.79 Å². The van der Waals surface area contributed by atoms with Gasteiger partial charge in [0.2, 0.25) is 5.91 Å². The molecule has 0 aromatic carbocycles. The van der Waals surface area contributed by atoms with Crippen molar-refractivity contribution >= 4 is 28.0 Å². The van der Waals surface area contributed by atoms with Gasteiger partial charge in [-0.05, 0) is 31.7 Å². The van der Waals surface area contributed by atoms with E-state index in [1.807, 2.05) is 11.0 Å². The van der Waals surface area contributed by atoms with E-state index in [0.29, 0.717) is 25.2 Å². The number of rotatable bonds is 2. The largest absolute Gasteiger partial charge is 0.378 e. The first-order valence-electron chi connectivity index (χ1n) is 9.34. The number of nitrogens with zero attached hydrogens (tertiary/aromatic N) is 5. The number of hydrogen-bond acceptors (Lipinski definition) is 5. The van der Waals surface area contributed by atoms with Gasteiger partial charge in [-0.15, -0.1) is 0 Å². The van der Waals surface area contributed by atoms with Crippen LogP contribution in [0, 0.1) is 5.92 Å². The molecular formula is C18H22N6O2. The molecule has 1 aliphatic carbocycles. The average Bonchev–Trinajstić information content (AvgIpc) is 3.34. The van der Waals surface area contributed by atoms with Crippen LogP contribution >= 0.6 is 0 Å². The summed E-state index contributed by atoms with van der Waals surface area (Å²) in [7, 11) is 0. The SMILES string of the molecule is O=C(C1CCC(n2[nH]nc3cnc4nccc4c32)CC1)N1CCOCC1. The Kier molecular flexibility index (Phi) is 3.85. The Labute approximate surface area is 150 Å². The zero-order valence-electron chi connectivity index (χ0n) is 14.6. The maximum absolute atomic E-state index is 12.7. The lowest BCUT2D eigenvalue weighted by atomic mass is 9.85. The number of nitrogens with one attached hydrogen (secondary N) is 1. The highest BCUT2D eigenvalue weighted by Gasteiger charge is 2.31. The van der Waals surface area contributed by atoms with Crippen molar-refractivity contribution in [3.8, 4) is 0 Å². The monoisotopic (exact) mass is 354 g/mol. The quantitative estimate of drug-likeness (QED) is 0.759. The minimum absolute atomic E-state index is 0.140. The van der Waals surface area contributed by atoms with Crippen molar-refractivity contribution in [2.24, 2.45) is 5.92 Å². The third-order valence-corrected chi connectivity index (χ3v) is 5.74. The molecule has 0 bridgehead atoms. The molecule has 4 heterocycles. The van der Waals surface area contributed by atoms with Crippen LogP contribution in [-0.4, -0.2) is 62.1 Å². The van der Waals surface area contributed by atoms with E-state index in [1.165, 1.54) is 0 Å². The highest BCUT2D eigenvalue weighted by molar-refractivity contribution is 6.00. The molecule has 136 valence electrons. The van der Waals surface area contributed by atoms with Crippen molar-refractivity contribution in [2.75, 3.05) is 26.3 Å². The van der Waals surface area contributed by atoms with Crippen molar-refractivity contribution in [1.82, 2.24) is 29.9 Å². The number of fused-ring (bicyclic) bond motifs is 3. The number of pyridine rings is 1. The van der Waals surface area contributed by atoms with Crippen LogP contribution in [0.15, 0.2) is 18.5 Å². The van der Waals surface area contributed by atoms with Crippen LogP contribution < -0.4 is 0 Å². The lowest BCUT2D eigenvalue weighted by Gasteiger charge is -2.34. The topological polar surface area (TPSA) is 88.9 Å². The normalized spacial score (nSPS) is 24.4. The van der Waals surface area contributed by atoms with Crippen LogP contribution in [0.4, 0.5) is 0 Å². The second-order valence-electron chi connectivity index (χ2n) is 7.20. The molecule has 3 aromatic heterocycles. The molecule has 2 fully saturated rings. The van der Waals surface area contributed by atoms with Gasteiger partial charge in [0.05, 0.1) is 31.0 Å². The predicted octanol–water partition coefficient (Wildman–Crippen LogP) is 1.90. The van der Waals surface area contributed by atoms with Gasteiger partial charge in [-0.1, -0.05) is 0 Å². The molecule has 1 N–H and O–H groups in total. The highest BCUT2D eigenvalue weighted by Crippen LogP contribution is 2.35. The summed E-state index contributed by atoms with van der Waals surface area (Å²) < 4.78 is 7.50. The zero-order chi connectivity index (χ0) is 17.5. The molecule has 3 aromatic rings. The van der Waals surface area contributed by atoms with Gasteiger partial charge in [-0.25, -0.2) is 15.2 Å². The standard InChI is InChI=1S/C18H22N6O2/c25-18(23-7-9-26-10-8-23)12-1-3-13(4-2-12)24-16-14-5-6-19-17(14)20-11-15(16)21-22-24/h5-6,11-13,22H,1-4,7-10H2. The van der Waals surface area contributed by atoms with E-state index >= 15 is 0 Å². The van der Waals surface area contributed by atoms with Gasteiger partial charge in [-0.3, -0.25) is 9.48 Å². The number of carbonyl (C=O) groups excluding carboxylic acids is 1. The van der Waals surface area contributed by atoms with Crippen molar-refractivity contribution in [1.29, 1.82) is 0 Å². The smallest absolute Gasteiger partial charge is 0.225 e. The second kappa shape index (κ2) is 6.35. The third kappa shape index (κ3) is 2.56. The summed E-state index contributed by atoms with van der Waals surface area (Å²) in [5, 5.41) is 8.60. The molecule has 1 saturated carbocycles. The molecule has 0 radical (unpaired) electrons. The highest BCUT2D eigenvalue weighted by atomic mass is 16.5. The van der Waals surface area contributed by atoms with E-state index < -0.39 is 0 Å². The number of ether oxygens (including phenoxy) is 1. The first kappa shape index (κ1) is 15.7. The number of morpholine rings is 1. The van der Waals surface area contributed by atoms with Gasteiger partial charge in [0.1, 0.15) is 5.52 Å². The van der Waals surface area contributed by atoms with Gasteiger partial charge in [0.25, 0.3) is 0 Å². The zero-order valence-corrected chi connectivity index (χ0v) is 14.6. The average molecular weight is 354 g/mol. The Morgan fingerprint density at radius 1 is 1.15 bits per heavy atom. The van der Waals surface area contributed by atoms with Gasteiger partial charge in [0.15, 0.2) is 5.65 Å². The molecule has 0 spiro atoms. The molecule has 0 unspecified atom stereocenters. The number of aromatic nitrogens is 5. The number of carbonyl (C=O) groups is 1. The van der Waals surface area contributed by atoms with E-state index in [4.69, 9.17) is 4.74 Å². The molecule has 1 saturated heterocycles. The molecule has 8 heteroatoms. The van der Waals surface area contributed by atoms with Crippen molar-refractivity contribution in [3.05, 3.63) is 18.5 Å². The summed E-state index contributed by atoms with van der Waals surface area (Å²) in [6.45, 7) is 2.78. The Bertz CT molecular complexity index is 934. The molecule has 5 rings (SSSR count). The Morgan fingerprint density at radius 2 is 1.96 bits per heavy atom. The molecule has 8 nitrogen and oxygen atoms in total. The lowest BCUT2D eigenvalue weighted by Crippen LogP contribution is -2.44. The number of amides is 1. The molecule has 1 aliphatic heterocycles.